The van der Waals surface area contributed by atoms with Gasteiger partial charge in [0.05, 0.1) is 19.3 Å². The van der Waals surface area contributed by atoms with E-state index in [2.05, 4.69) is 25.7 Å². The molecule has 0 aromatic carbocycles. The van der Waals surface area contributed by atoms with Gasteiger partial charge in [0.1, 0.15) is 0 Å². The van der Waals surface area contributed by atoms with Crippen LogP contribution in [0, 0.1) is 46.3 Å². The number of hydrogen-bond donors (Lipinski definition) is 1. The van der Waals surface area contributed by atoms with Crippen LogP contribution in [-0.2, 0) is 4.74 Å². The number of aliphatic hydroxyl groups excluding tert-OH is 1. The molecule has 1 heterocycles. The molecule has 31 heavy (non-hydrogen) atoms. The van der Waals surface area contributed by atoms with Crippen LogP contribution >= 0.6 is 0 Å². The third kappa shape index (κ3) is 4.03. The van der Waals surface area contributed by atoms with Crippen LogP contribution in [0.4, 0.5) is 0 Å². The van der Waals surface area contributed by atoms with Crippen molar-refractivity contribution < 1.29 is 9.84 Å². The summed E-state index contributed by atoms with van der Waals surface area (Å²) in [6, 6.07) is 0. The molecule has 0 spiro atoms. The fourth-order valence-corrected chi connectivity index (χ4v) is 9.87. The summed E-state index contributed by atoms with van der Waals surface area (Å²) < 4.78 is 5.52. The highest BCUT2D eigenvalue weighted by molar-refractivity contribution is 5.09. The van der Waals surface area contributed by atoms with E-state index >= 15 is 0 Å². The second-order valence-corrected chi connectivity index (χ2v) is 12.9. The van der Waals surface area contributed by atoms with Crippen molar-refractivity contribution in [1.82, 2.24) is 4.90 Å². The largest absolute Gasteiger partial charge is 0.393 e. The molecule has 5 aliphatic rings. The van der Waals surface area contributed by atoms with Gasteiger partial charge in [0, 0.05) is 13.1 Å². The Morgan fingerprint density at radius 2 is 1.68 bits per heavy atom. The zero-order chi connectivity index (χ0) is 21.6. The number of ether oxygens (including phenoxy) is 1. The molecule has 5 rings (SSSR count). The highest BCUT2D eigenvalue weighted by Crippen LogP contribution is 2.68. The Balaban J connectivity index is 1.21. The fourth-order valence-electron chi connectivity index (χ4n) is 9.87. The van der Waals surface area contributed by atoms with E-state index < -0.39 is 0 Å². The first-order valence-electron chi connectivity index (χ1n) is 13.9. The lowest BCUT2D eigenvalue weighted by molar-refractivity contribution is -0.129. The van der Waals surface area contributed by atoms with Crippen molar-refractivity contribution in [2.24, 2.45) is 46.3 Å². The molecule has 0 aromatic heterocycles. The Bertz CT molecular complexity index is 618. The van der Waals surface area contributed by atoms with Gasteiger partial charge in [0.15, 0.2) is 0 Å². The van der Waals surface area contributed by atoms with Crippen LogP contribution in [0.25, 0.3) is 0 Å². The SMILES string of the molecule is CC(CCCN1CCOCC1)C1CCC2C3CCC4CC(O)CCC4(C)C3CCC12C. The molecule has 0 aromatic rings. The lowest BCUT2D eigenvalue weighted by atomic mass is 9.44. The van der Waals surface area contributed by atoms with Crippen molar-refractivity contribution in [2.75, 3.05) is 32.8 Å². The van der Waals surface area contributed by atoms with Crippen LogP contribution in [0.1, 0.15) is 91.4 Å². The van der Waals surface area contributed by atoms with Crippen molar-refractivity contribution in [3.05, 3.63) is 0 Å². The van der Waals surface area contributed by atoms with E-state index in [4.69, 9.17) is 4.74 Å². The molecule has 4 saturated carbocycles. The van der Waals surface area contributed by atoms with Crippen molar-refractivity contribution >= 4 is 0 Å². The highest BCUT2D eigenvalue weighted by Gasteiger charge is 2.60. The summed E-state index contributed by atoms with van der Waals surface area (Å²) >= 11 is 0. The minimum atomic E-state index is -0.0161. The van der Waals surface area contributed by atoms with Gasteiger partial charge in [-0.2, -0.15) is 0 Å². The maximum absolute atomic E-state index is 10.3. The molecule has 3 nitrogen and oxygen atoms in total. The molecule has 9 unspecified atom stereocenters. The average molecular weight is 432 g/mol. The van der Waals surface area contributed by atoms with Crippen molar-refractivity contribution in [1.29, 1.82) is 0 Å². The molecular formula is C28H49NO2. The van der Waals surface area contributed by atoms with Crippen LogP contribution in [0.2, 0.25) is 0 Å². The summed E-state index contributed by atoms with van der Waals surface area (Å²) in [4.78, 5) is 2.61. The van der Waals surface area contributed by atoms with Crippen LogP contribution < -0.4 is 0 Å². The second kappa shape index (κ2) is 8.91. The van der Waals surface area contributed by atoms with Gasteiger partial charge in [-0.1, -0.05) is 20.8 Å². The standard InChI is InChI=1S/C28H49NO2/c1-20(5-4-14-29-15-17-31-18-16-29)24-8-9-25-23-7-6-21-19-22(30)10-12-27(21,2)26(23)11-13-28(24,25)3/h20-26,30H,4-19H2,1-3H3. The normalized spacial score (nSPS) is 49.2. The van der Waals surface area contributed by atoms with E-state index in [-0.39, 0.29) is 6.10 Å². The summed E-state index contributed by atoms with van der Waals surface area (Å²) in [7, 11) is 0. The van der Waals surface area contributed by atoms with Gasteiger partial charge in [-0.15, -0.1) is 0 Å². The Hall–Kier alpha value is -0.120. The van der Waals surface area contributed by atoms with Crippen molar-refractivity contribution in [3.8, 4) is 0 Å². The predicted molar refractivity (Wildman–Crippen MR) is 127 cm³/mol. The van der Waals surface area contributed by atoms with E-state index in [1.165, 1.54) is 64.3 Å². The van der Waals surface area contributed by atoms with Gasteiger partial charge in [0.25, 0.3) is 0 Å². The molecule has 0 radical (unpaired) electrons. The number of fused-ring (bicyclic) bond motifs is 5. The smallest absolute Gasteiger partial charge is 0.0594 e. The summed E-state index contributed by atoms with van der Waals surface area (Å²) in [6.07, 6.45) is 15.0. The molecule has 4 aliphatic carbocycles. The summed E-state index contributed by atoms with van der Waals surface area (Å²) in [5, 5.41) is 10.3. The van der Waals surface area contributed by atoms with Gasteiger partial charge in [-0.05, 0) is 124 Å². The van der Waals surface area contributed by atoms with Gasteiger partial charge < -0.3 is 9.84 Å². The zero-order valence-electron chi connectivity index (χ0n) is 20.7. The van der Waals surface area contributed by atoms with Crippen molar-refractivity contribution in [2.45, 2.75) is 97.5 Å². The number of rotatable bonds is 5. The second-order valence-electron chi connectivity index (χ2n) is 12.9. The molecule has 178 valence electrons. The maximum atomic E-state index is 10.3. The van der Waals surface area contributed by atoms with Crippen LogP contribution in [0.5, 0.6) is 0 Å². The zero-order valence-corrected chi connectivity index (χ0v) is 20.7. The first kappa shape index (κ1) is 22.7. The quantitative estimate of drug-likeness (QED) is 0.601. The molecular weight excluding hydrogens is 382 g/mol. The molecule has 3 heteroatoms. The molecule has 1 aliphatic heterocycles. The molecule has 1 N–H and O–H groups in total. The number of nitrogens with zero attached hydrogens (tertiary/aromatic N) is 1. The van der Waals surface area contributed by atoms with Crippen LogP contribution in [-0.4, -0.2) is 49.0 Å². The lowest BCUT2D eigenvalue weighted by Crippen LogP contribution is -2.54. The van der Waals surface area contributed by atoms with E-state index in [0.717, 1.165) is 74.7 Å². The van der Waals surface area contributed by atoms with Gasteiger partial charge in [-0.3, -0.25) is 4.90 Å². The van der Waals surface area contributed by atoms with E-state index in [0.29, 0.717) is 10.8 Å². The van der Waals surface area contributed by atoms with E-state index in [1.807, 2.05) is 0 Å². The molecule has 5 fully saturated rings. The highest BCUT2D eigenvalue weighted by atomic mass is 16.5. The minimum Gasteiger partial charge on any atom is -0.393 e. The van der Waals surface area contributed by atoms with Crippen LogP contribution in [0.15, 0.2) is 0 Å². The third-order valence-electron chi connectivity index (χ3n) is 11.6. The Morgan fingerprint density at radius 1 is 0.935 bits per heavy atom. The molecule has 0 bridgehead atoms. The first-order valence-corrected chi connectivity index (χ1v) is 13.9. The number of hydrogen-bond acceptors (Lipinski definition) is 3. The minimum absolute atomic E-state index is 0.0161. The lowest BCUT2D eigenvalue weighted by Gasteiger charge is -2.61. The topological polar surface area (TPSA) is 32.7 Å². The summed E-state index contributed by atoms with van der Waals surface area (Å²) in [5.41, 5.74) is 1.11. The Kier molecular flexibility index (Phi) is 6.52. The summed E-state index contributed by atoms with van der Waals surface area (Å²) in [6.45, 7) is 13.3. The average Bonchev–Trinajstić information content (AvgIpc) is 3.12. The fraction of sp³-hybridized carbons (Fsp3) is 1.00. The predicted octanol–water partition coefficient (Wildman–Crippen LogP) is 5.75. The molecule has 1 saturated heterocycles. The van der Waals surface area contributed by atoms with Gasteiger partial charge in [-0.25, -0.2) is 0 Å². The first-order chi connectivity index (χ1) is 14.9. The van der Waals surface area contributed by atoms with E-state index in [9.17, 15) is 5.11 Å². The molecule has 0 amide bonds. The number of aliphatic hydroxyl groups is 1. The van der Waals surface area contributed by atoms with Gasteiger partial charge >= 0.3 is 0 Å². The monoisotopic (exact) mass is 431 g/mol. The number of morpholine rings is 1. The summed E-state index contributed by atoms with van der Waals surface area (Å²) in [5.74, 6) is 5.50. The molecule has 9 atom stereocenters. The van der Waals surface area contributed by atoms with Crippen LogP contribution in [0.3, 0.4) is 0 Å². The Morgan fingerprint density at radius 3 is 2.48 bits per heavy atom. The Labute approximate surface area is 191 Å². The third-order valence-corrected chi connectivity index (χ3v) is 11.6. The van der Waals surface area contributed by atoms with Crippen molar-refractivity contribution in [3.63, 3.8) is 0 Å². The van der Waals surface area contributed by atoms with E-state index in [1.54, 1.807) is 0 Å². The van der Waals surface area contributed by atoms with Gasteiger partial charge in [0.2, 0.25) is 0 Å². The maximum Gasteiger partial charge on any atom is 0.0594 e.